The van der Waals surface area contributed by atoms with Crippen LogP contribution in [-0.2, 0) is 5.41 Å². The van der Waals surface area contributed by atoms with Crippen LogP contribution in [0.4, 0.5) is 0 Å². The van der Waals surface area contributed by atoms with E-state index in [4.69, 9.17) is 10.5 Å². The molecule has 0 aromatic heterocycles. The molecule has 2 nitrogen and oxygen atoms in total. The van der Waals surface area contributed by atoms with Crippen LogP contribution in [0, 0.1) is 0 Å². The lowest BCUT2D eigenvalue weighted by molar-refractivity contribution is 0.338. The maximum atomic E-state index is 6.01. The molecule has 0 bridgehead atoms. The van der Waals surface area contributed by atoms with Crippen molar-refractivity contribution in [1.29, 1.82) is 0 Å². The number of rotatable bonds is 3. The van der Waals surface area contributed by atoms with E-state index in [2.05, 4.69) is 25.1 Å². The minimum absolute atomic E-state index is 0.243. The lowest BCUT2D eigenvalue weighted by atomic mass is 9.81. The van der Waals surface area contributed by atoms with Gasteiger partial charge in [-0.25, -0.2) is 0 Å². The fraction of sp³-hybridized carbons (Fsp3) is 0.571. The number of ether oxygens (including phenoxy) is 1. The normalized spacial score (nSPS) is 29.3. The van der Waals surface area contributed by atoms with Gasteiger partial charge >= 0.3 is 0 Å². The van der Waals surface area contributed by atoms with Crippen LogP contribution < -0.4 is 10.5 Å². The Balaban J connectivity index is 2.22. The molecule has 2 atom stereocenters. The van der Waals surface area contributed by atoms with E-state index < -0.39 is 0 Å². The van der Waals surface area contributed by atoms with Crippen LogP contribution in [0.25, 0.3) is 0 Å². The van der Waals surface area contributed by atoms with Gasteiger partial charge in [0.2, 0.25) is 0 Å². The van der Waals surface area contributed by atoms with Crippen LogP contribution in [0.5, 0.6) is 5.75 Å². The smallest absolute Gasteiger partial charge is 0.119 e. The van der Waals surface area contributed by atoms with E-state index in [0.717, 1.165) is 25.2 Å². The first-order chi connectivity index (χ1) is 7.64. The summed E-state index contributed by atoms with van der Waals surface area (Å²) in [5.74, 6) is 0.974. The van der Waals surface area contributed by atoms with E-state index >= 15 is 0 Å². The molecule has 1 aliphatic carbocycles. The van der Waals surface area contributed by atoms with Crippen molar-refractivity contribution < 1.29 is 4.74 Å². The first-order valence-corrected chi connectivity index (χ1v) is 6.13. The third kappa shape index (κ3) is 2.22. The summed E-state index contributed by atoms with van der Waals surface area (Å²) in [6, 6.07) is 8.82. The topological polar surface area (TPSA) is 35.2 Å². The highest BCUT2D eigenvalue weighted by molar-refractivity contribution is 5.34. The van der Waals surface area contributed by atoms with Gasteiger partial charge in [-0.15, -0.1) is 0 Å². The third-order valence-corrected chi connectivity index (χ3v) is 3.62. The summed E-state index contributed by atoms with van der Waals surface area (Å²) in [6.45, 7) is 5.05. The minimum Gasteiger partial charge on any atom is -0.494 e. The Hall–Kier alpha value is -1.02. The molecular formula is C14H21NO. The molecule has 1 aliphatic rings. The van der Waals surface area contributed by atoms with Gasteiger partial charge in [-0.05, 0) is 49.3 Å². The van der Waals surface area contributed by atoms with Crippen molar-refractivity contribution in [1.82, 2.24) is 0 Å². The predicted octanol–water partition coefficient (Wildman–Crippen LogP) is 2.85. The molecule has 1 aromatic carbocycles. The largest absolute Gasteiger partial charge is 0.494 e. The van der Waals surface area contributed by atoms with Gasteiger partial charge in [0.05, 0.1) is 6.61 Å². The molecule has 1 fully saturated rings. The summed E-state index contributed by atoms with van der Waals surface area (Å²) >= 11 is 0. The third-order valence-electron chi connectivity index (χ3n) is 3.62. The van der Waals surface area contributed by atoms with Crippen molar-refractivity contribution in [2.45, 2.75) is 44.6 Å². The van der Waals surface area contributed by atoms with Crippen LogP contribution in [0.2, 0.25) is 0 Å². The maximum absolute atomic E-state index is 6.01. The highest BCUT2D eigenvalue weighted by Gasteiger charge is 2.34. The number of benzene rings is 1. The molecule has 2 heteroatoms. The molecule has 0 radical (unpaired) electrons. The van der Waals surface area contributed by atoms with Gasteiger partial charge in [0.25, 0.3) is 0 Å². The first-order valence-electron chi connectivity index (χ1n) is 6.13. The van der Waals surface area contributed by atoms with Crippen molar-refractivity contribution in [3.63, 3.8) is 0 Å². The minimum atomic E-state index is 0.243. The fourth-order valence-corrected chi connectivity index (χ4v) is 2.68. The van der Waals surface area contributed by atoms with Gasteiger partial charge in [-0.3, -0.25) is 0 Å². The van der Waals surface area contributed by atoms with E-state index in [-0.39, 0.29) is 5.41 Å². The monoisotopic (exact) mass is 219 g/mol. The first kappa shape index (κ1) is 11.5. The Morgan fingerprint density at radius 2 is 2.31 bits per heavy atom. The van der Waals surface area contributed by atoms with Gasteiger partial charge < -0.3 is 10.5 Å². The SMILES string of the molecule is CCOc1cccc(C2(C)CCC(N)C2)c1. The van der Waals surface area contributed by atoms with Gasteiger partial charge in [-0.1, -0.05) is 19.1 Å². The fourth-order valence-electron chi connectivity index (χ4n) is 2.68. The van der Waals surface area contributed by atoms with Gasteiger partial charge in [0, 0.05) is 6.04 Å². The van der Waals surface area contributed by atoms with E-state index in [1.165, 1.54) is 12.0 Å². The molecule has 88 valence electrons. The van der Waals surface area contributed by atoms with E-state index in [1.807, 2.05) is 13.0 Å². The number of hydrogen-bond donors (Lipinski definition) is 1. The van der Waals surface area contributed by atoms with E-state index in [0.29, 0.717) is 6.04 Å². The molecule has 1 saturated carbocycles. The zero-order valence-electron chi connectivity index (χ0n) is 10.2. The maximum Gasteiger partial charge on any atom is 0.119 e. The second-order valence-electron chi connectivity index (χ2n) is 5.02. The molecule has 1 aromatic rings. The summed E-state index contributed by atoms with van der Waals surface area (Å²) in [4.78, 5) is 0. The highest BCUT2D eigenvalue weighted by Crippen LogP contribution is 2.40. The van der Waals surface area contributed by atoms with Crippen LogP contribution in [0.15, 0.2) is 24.3 Å². The van der Waals surface area contributed by atoms with Gasteiger partial charge in [0.15, 0.2) is 0 Å². The molecule has 16 heavy (non-hydrogen) atoms. The molecule has 2 unspecified atom stereocenters. The Labute approximate surface area is 97.8 Å². The predicted molar refractivity (Wildman–Crippen MR) is 66.8 cm³/mol. The summed E-state index contributed by atoms with van der Waals surface area (Å²) in [5.41, 5.74) is 7.62. The Bertz CT molecular complexity index is 364. The molecule has 2 N–H and O–H groups in total. The van der Waals surface area contributed by atoms with Crippen molar-refractivity contribution >= 4 is 0 Å². The van der Waals surface area contributed by atoms with Crippen molar-refractivity contribution in [3.8, 4) is 5.75 Å². The molecule has 0 heterocycles. The molecule has 2 rings (SSSR count). The summed E-state index contributed by atoms with van der Waals surface area (Å²) in [6.07, 6.45) is 3.40. The van der Waals surface area contributed by atoms with Gasteiger partial charge in [0.1, 0.15) is 5.75 Å². The second kappa shape index (κ2) is 4.46. The van der Waals surface area contributed by atoms with Crippen molar-refractivity contribution in [2.24, 2.45) is 5.73 Å². The lowest BCUT2D eigenvalue weighted by Crippen LogP contribution is -2.22. The molecule has 0 spiro atoms. The van der Waals surface area contributed by atoms with Crippen molar-refractivity contribution in [2.75, 3.05) is 6.61 Å². The quantitative estimate of drug-likeness (QED) is 0.848. The van der Waals surface area contributed by atoms with Crippen molar-refractivity contribution in [3.05, 3.63) is 29.8 Å². The van der Waals surface area contributed by atoms with Crippen LogP contribution in [0.3, 0.4) is 0 Å². The summed E-state index contributed by atoms with van der Waals surface area (Å²) in [5, 5.41) is 0. The second-order valence-corrected chi connectivity index (χ2v) is 5.02. The highest BCUT2D eigenvalue weighted by atomic mass is 16.5. The number of hydrogen-bond acceptors (Lipinski definition) is 2. The zero-order valence-corrected chi connectivity index (χ0v) is 10.2. The van der Waals surface area contributed by atoms with E-state index in [9.17, 15) is 0 Å². The molecular weight excluding hydrogens is 198 g/mol. The zero-order chi connectivity index (χ0) is 11.6. The van der Waals surface area contributed by atoms with Crippen LogP contribution in [-0.4, -0.2) is 12.6 Å². The Kier molecular flexibility index (Phi) is 3.20. The standard InChI is InChI=1S/C14H21NO/c1-3-16-13-6-4-5-11(9-13)14(2)8-7-12(15)10-14/h4-6,9,12H,3,7-8,10,15H2,1-2H3. The molecule has 0 aliphatic heterocycles. The average Bonchev–Trinajstić information content (AvgIpc) is 2.61. The summed E-state index contributed by atoms with van der Waals surface area (Å²) in [7, 11) is 0. The molecule has 0 saturated heterocycles. The van der Waals surface area contributed by atoms with Crippen LogP contribution in [0.1, 0.15) is 38.7 Å². The van der Waals surface area contributed by atoms with E-state index in [1.54, 1.807) is 0 Å². The van der Waals surface area contributed by atoms with Gasteiger partial charge in [-0.2, -0.15) is 0 Å². The molecule has 0 amide bonds. The Morgan fingerprint density at radius 3 is 2.94 bits per heavy atom. The lowest BCUT2D eigenvalue weighted by Gasteiger charge is -2.25. The van der Waals surface area contributed by atoms with Crippen LogP contribution >= 0.6 is 0 Å². The number of nitrogens with two attached hydrogens (primary N) is 1. The average molecular weight is 219 g/mol. The summed E-state index contributed by atoms with van der Waals surface area (Å²) < 4.78 is 5.55. The Morgan fingerprint density at radius 1 is 1.50 bits per heavy atom.